The van der Waals surface area contributed by atoms with Gasteiger partial charge in [-0.05, 0) is 18.5 Å². The predicted molar refractivity (Wildman–Crippen MR) is 71.5 cm³/mol. The number of imidazole rings is 1. The van der Waals surface area contributed by atoms with E-state index in [1.807, 2.05) is 24.3 Å². The zero-order chi connectivity index (χ0) is 12.8. The van der Waals surface area contributed by atoms with E-state index in [-0.39, 0.29) is 0 Å². The normalized spacial score (nSPS) is 11.6. The summed E-state index contributed by atoms with van der Waals surface area (Å²) in [7, 11) is 1.50. The van der Waals surface area contributed by atoms with Crippen LogP contribution in [0.15, 0.2) is 41.8 Å². The molecule has 0 aliphatic heterocycles. The van der Waals surface area contributed by atoms with Crippen molar-refractivity contribution in [1.29, 1.82) is 0 Å². The highest BCUT2D eigenvalue weighted by atomic mass is 32.1. The molecule has 0 unspecified atom stereocenters. The molecule has 0 saturated heterocycles. The Balaban J connectivity index is 2.47. The molecule has 0 atom stereocenters. The Morgan fingerprint density at radius 1 is 1.44 bits per heavy atom. The number of benzene rings is 1. The molecule has 1 aromatic heterocycles. The Morgan fingerprint density at radius 3 is 2.94 bits per heavy atom. The maximum atomic E-state index is 4.88. The van der Waals surface area contributed by atoms with Crippen LogP contribution in [0.4, 0.5) is 0 Å². The second kappa shape index (κ2) is 6.23. The average Bonchev–Trinajstić information content (AvgIpc) is 2.91. The number of oxime groups is 1. The van der Waals surface area contributed by atoms with Crippen LogP contribution in [-0.2, 0) is 15.6 Å². The molecule has 0 aliphatic carbocycles. The molecule has 2 aromatic rings. The van der Waals surface area contributed by atoms with Gasteiger partial charge in [-0.1, -0.05) is 29.4 Å². The summed E-state index contributed by atoms with van der Waals surface area (Å²) in [6.07, 6.45) is 3.40. The molecule has 18 heavy (non-hydrogen) atoms. The van der Waals surface area contributed by atoms with E-state index in [9.17, 15) is 0 Å². The largest absolute Gasteiger partial charge is 0.399 e. The van der Waals surface area contributed by atoms with Crippen LogP contribution in [0.3, 0.4) is 0 Å². The maximum absolute atomic E-state index is 4.88. The number of hydrogen-bond acceptors (Lipinski definition) is 5. The first-order valence-electron chi connectivity index (χ1n) is 5.32. The summed E-state index contributed by atoms with van der Waals surface area (Å²) in [6.45, 7) is 0.378. The number of aromatic nitrogens is 2. The van der Waals surface area contributed by atoms with Gasteiger partial charge in [0.2, 0.25) is 0 Å². The minimum atomic E-state index is 0.378. The molecule has 0 radical (unpaired) electrons. The molecular formula is C12H13N3O2S. The van der Waals surface area contributed by atoms with Gasteiger partial charge in [-0.2, -0.15) is 0 Å². The first-order valence-corrected chi connectivity index (χ1v) is 5.69. The van der Waals surface area contributed by atoms with Gasteiger partial charge in [0, 0.05) is 18.0 Å². The van der Waals surface area contributed by atoms with E-state index in [0.717, 1.165) is 11.1 Å². The van der Waals surface area contributed by atoms with E-state index in [2.05, 4.69) is 28.0 Å². The van der Waals surface area contributed by atoms with Crippen LogP contribution in [0, 0.1) is 0 Å². The topological polar surface area (TPSA) is 59.5 Å². The van der Waals surface area contributed by atoms with Crippen LogP contribution in [0.5, 0.6) is 0 Å². The predicted octanol–water partition coefficient (Wildman–Crippen LogP) is 2.17. The van der Waals surface area contributed by atoms with E-state index < -0.39 is 0 Å². The number of aromatic amines is 1. The fraction of sp³-hybridized carbons (Fsp3) is 0.167. The second-order valence-corrected chi connectivity index (χ2v) is 3.75. The Labute approximate surface area is 110 Å². The van der Waals surface area contributed by atoms with Gasteiger partial charge >= 0.3 is 0 Å². The van der Waals surface area contributed by atoms with Gasteiger partial charge < -0.3 is 14.0 Å². The molecule has 0 amide bonds. The van der Waals surface area contributed by atoms with Crippen molar-refractivity contribution in [2.45, 2.75) is 6.61 Å². The van der Waals surface area contributed by atoms with Crippen molar-refractivity contribution in [3.63, 3.8) is 0 Å². The lowest BCUT2D eigenvalue weighted by Crippen LogP contribution is -2.09. The molecule has 2 rings (SSSR count). The zero-order valence-electron chi connectivity index (χ0n) is 9.83. The molecule has 0 fully saturated rings. The minimum absolute atomic E-state index is 0.378. The molecule has 6 heteroatoms. The molecule has 0 saturated carbocycles. The highest BCUT2D eigenvalue weighted by Gasteiger charge is 2.14. The lowest BCUT2D eigenvalue weighted by Gasteiger charge is -2.08. The first kappa shape index (κ1) is 12.7. The molecule has 94 valence electrons. The molecule has 0 spiro atoms. The van der Waals surface area contributed by atoms with Crippen LogP contribution in [0.25, 0.3) is 0 Å². The minimum Gasteiger partial charge on any atom is -0.399 e. The number of nitrogens with one attached hydrogen (secondary N) is 1. The van der Waals surface area contributed by atoms with Crippen molar-refractivity contribution in [2.75, 3.05) is 7.11 Å². The monoisotopic (exact) mass is 263 g/mol. The van der Waals surface area contributed by atoms with Gasteiger partial charge in [0.25, 0.3) is 0 Å². The zero-order valence-corrected chi connectivity index (χ0v) is 10.7. The van der Waals surface area contributed by atoms with Crippen LogP contribution in [0.2, 0.25) is 0 Å². The van der Waals surface area contributed by atoms with Crippen molar-refractivity contribution in [3.8, 4) is 0 Å². The van der Waals surface area contributed by atoms with Crippen LogP contribution in [0.1, 0.15) is 17.0 Å². The number of thiol groups is 1. The van der Waals surface area contributed by atoms with Gasteiger partial charge in [0.15, 0.2) is 11.5 Å². The van der Waals surface area contributed by atoms with Gasteiger partial charge in [-0.25, -0.2) is 4.98 Å². The second-order valence-electron chi connectivity index (χ2n) is 3.49. The number of rotatable bonds is 5. The Bertz CT molecular complexity index is 526. The maximum Gasteiger partial charge on any atom is 0.160 e. The van der Waals surface area contributed by atoms with E-state index in [4.69, 9.17) is 9.02 Å². The molecular weight excluding hydrogens is 250 g/mol. The molecule has 0 bridgehead atoms. The summed E-state index contributed by atoms with van der Waals surface area (Å²) in [6, 6.07) is 7.73. The highest BCUT2D eigenvalue weighted by molar-refractivity contribution is 7.75. The summed E-state index contributed by atoms with van der Waals surface area (Å²) >= 11 is 3.78. The quantitative estimate of drug-likeness (QED) is 0.376. The molecule has 1 heterocycles. The Hall–Kier alpha value is -1.79. The highest BCUT2D eigenvalue weighted by Crippen LogP contribution is 2.15. The van der Waals surface area contributed by atoms with Crippen LogP contribution < -0.4 is 0 Å². The standard InChI is InChI=1S/C12H13N3O2S/c1-16-15-11(12-13-6-7-14-12)10-5-3-2-4-9(10)8-17-18/h2-7,18H,8H2,1H3,(H,13,14)/b15-11+. The third kappa shape index (κ3) is 2.72. The third-order valence-electron chi connectivity index (χ3n) is 2.40. The fourth-order valence-corrected chi connectivity index (χ4v) is 1.79. The van der Waals surface area contributed by atoms with Crippen LogP contribution in [-0.4, -0.2) is 22.8 Å². The van der Waals surface area contributed by atoms with E-state index in [1.54, 1.807) is 12.4 Å². The van der Waals surface area contributed by atoms with E-state index >= 15 is 0 Å². The fourth-order valence-electron chi connectivity index (χ4n) is 1.65. The van der Waals surface area contributed by atoms with Gasteiger partial charge in [-0.3, -0.25) is 0 Å². The van der Waals surface area contributed by atoms with E-state index in [0.29, 0.717) is 18.1 Å². The van der Waals surface area contributed by atoms with Crippen molar-refractivity contribution < 1.29 is 9.02 Å². The average molecular weight is 263 g/mol. The lowest BCUT2D eigenvalue weighted by atomic mass is 10.0. The van der Waals surface area contributed by atoms with E-state index in [1.165, 1.54) is 7.11 Å². The summed E-state index contributed by atoms with van der Waals surface area (Å²) in [5.41, 5.74) is 2.48. The van der Waals surface area contributed by atoms with Crippen molar-refractivity contribution in [1.82, 2.24) is 9.97 Å². The molecule has 1 aromatic carbocycles. The van der Waals surface area contributed by atoms with Crippen molar-refractivity contribution >= 4 is 18.6 Å². The smallest absolute Gasteiger partial charge is 0.160 e. The summed E-state index contributed by atoms with van der Waals surface area (Å²) in [5, 5.41) is 4.02. The summed E-state index contributed by atoms with van der Waals surface area (Å²) in [4.78, 5) is 12.1. The molecule has 1 N–H and O–H groups in total. The Kier molecular flexibility index (Phi) is 4.38. The molecule has 0 aliphatic rings. The van der Waals surface area contributed by atoms with Gasteiger partial charge in [0.05, 0.1) is 6.61 Å². The van der Waals surface area contributed by atoms with Gasteiger partial charge in [-0.15, -0.1) is 0 Å². The van der Waals surface area contributed by atoms with Crippen LogP contribution >= 0.6 is 12.9 Å². The third-order valence-corrected chi connectivity index (χ3v) is 2.53. The lowest BCUT2D eigenvalue weighted by molar-refractivity contribution is 0.213. The number of nitrogens with zero attached hydrogens (tertiary/aromatic N) is 2. The first-order chi connectivity index (χ1) is 8.86. The van der Waals surface area contributed by atoms with Crippen molar-refractivity contribution in [3.05, 3.63) is 53.6 Å². The van der Waals surface area contributed by atoms with Crippen molar-refractivity contribution in [2.24, 2.45) is 5.16 Å². The number of H-pyrrole nitrogens is 1. The van der Waals surface area contributed by atoms with Gasteiger partial charge in [0.1, 0.15) is 7.11 Å². The summed E-state index contributed by atoms with van der Waals surface area (Å²) < 4.78 is 4.88. The summed E-state index contributed by atoms with van der Waals surface area (Å²) in [5.74, 6) is 0.642. The SMILES string of the molecule is CO/N=C(/c1ncc[nH]1)c1ccccc1COS. The Morgan fingerprint density at radius 2 is 2.28 bits per heavy atom. The number of hydrogen-bond donors (Lipinski definition) is 2. The molecule has 5 nitrogen and oxygen atoms in total.